The Hall–Kier alpha value is -0.0400. The number of rotatable bonds is 15. The van der Waals surface area contributed by atoms with Gasteiger partial charge in [0.05, 0.1) is 0 Å². The lowest BCUT2D eigenvalue weighted by Gasteiger charge is -2.39. The molecule has 0 radical (unpaired) electrons. The second-order valence-corrected chi connectivity index (χ2v) is 8.46. The average Bonchev–Trinajstić information content (AvgIpc) is 2.57. The van der Waals surface area contributed by atoms with Gasteiger partial charge in [-0.3, -0.25) is 4.90 Å². The van der Waals surface area contributed by atoms with Crippen LogP contribution in [0.2, 0.25) is 0 Å². The maximum absolute atomic E-state index is 2.77. The molecule has 1 rings (SSSR count). The van der Waals surface area contributed by atoms with Crippen LogP contribution in [0.25, 0.3) is 0 Å². The van der Waals surface area contributed by atoms with E-state index in [1.54, 1.807) is 0 Å². The molecule has 1 saturated heterocycles. The van der Waals surface area contributed by atoms with Crippen LogP contribution >= 0.6 is 0 Å². The Bertz CT molecular complexity index is 253. The summed E-state index contributed by atoms with van der Waals surface area (Å²) in [6, 6.07) is 1.66. The number of unbranched alkanes of at least 4 members (excludes halogenated alkanes) is 13. The first-order valence-electron chi connectivity index (χ1n) is 11.5. The minimum atomic E-state index is 0.829. The first-order valence-corrected chi connectivity index (χ1v) is 11.5. The van der Waals surface area contributed by atoms with Crippen molar-refractivity contribution in [2.24, 2.45) is 0 Å². The molecule has 1 heterocycles. The van der Waals surface area contributed by atoms with Crippen molar-refractivity contribution >= 4 is 0 Å². The van der Waals surface area contributed by atoms with Crippen LogP contribution in [0, 0.1) is 0 Å². The van der Waals surface area contributed by atoms with Crippen LogP contribution in [0.1, 0.15) is 130 Å². The molecule has 1 fully saturated rings. The highest BCUT2D eigenvalue weighted by Crippen LogP contribution is 2.23. The van der Waals surface area contributed by atoms with Gasteiger partial charge in [0.1, 0.15) is 0 Å². The minimum absolute atomic E-state index is 0.829. The third-order valence-corrected chi connectivity index (χ3v) is 6.15. The van der Waals surface area contributed by atoms with E-state index in [0.717, 1.165) is 12.1 Å². The molecule has 1 heteroatoms. The fraction of sp³-hybridized carbons (Fsp3) is 1.00. The van der Waals surface area contributed by atoms with Crippen molar-refractivity contribution < 1.29 is 0 Å². The molecule has 2 unspecified atom stereocenters. The summed E-state index contributed by atoms with van der Waals surface area (Å²) >= 11 is 0. The third kappa shape index (κ3) is 10.7. The van der Waals surface area contributed by atoms with E-state index in [0.29, 0.717) is 0 Å². The topological polar surface area (TPSA) is 3.24 Å². The summed E-state index contributed by atoms with van der Waals surface area (Å²) < 4.78 is 0. The monoisotopic (exact) mass is 337 g/mol. The van der Waals surface area contributed by atoms with Gasteiger partial charge in [-0.25, -0.2) is 0 Å². The zero-order valence-corrected chi connectivity index (χ0v) is 17.3. The van der Waals surface area contributed by atoms with Crippen LogP contribution in [0.5, 0.6) is 0 Å². The van der Waals surface area contributed by atoms with Crippen LogP contribution in [-0.4, -0.2) is 23.5 Å². The van der Waals surface area contributed by atoms with Gasteiger partial charge in [-0.15, -0.1) is 0 Å². The van der Waals surface area contributed by atoms with E-state index in [2.05, 4.69) is 25.7 Å². The second kappa shape index (κ2) is 15.2. The Morgan fingerprint density at radius 2 is 0.958 bits per heavy atom. The molecule has 1 aliphatic rings. The SMILES string of the molecule is CCCCCCCCCCCCCCCCN1C(C)CCCC1C. The molecule has 24 heavy (non-hydrogen) atoms. The van der Waals surface area contributed by atoms with Crippen LogP contribution < -0.4 is 0 Å². The van der Waals surface area contributed by atoms with Crippen molar-refractivity contribution in [3.8, 4) is 0 Å². The summed E-state index contributed by atoms with van der Waals surface area (Å²) in [5.74, 6) is 0. The molecule has 0 aromatic heterocycles. The Morgan fingerprint density at radius 3 is 1.38 bits per heavy atom. The van der Waals surface area contributed by atoms with Gasteiger partial charge in [-0.05, 0) is 39.7 Å². The lowest BCUT2D eigenvalue weighted by molar-refractivity contribution is 0.101. The third-order valence-electron chi connectivity index (χ3n) is 6.15. The Balaban J connectivity index is 1.79. The Labute approximate surface area is 154 Å². The number of likely N-dealkylation sites (tertiary alicyclic amines) is 1. The van der Waals surface area contributed by atoms with E-state index < -0.39 is 0 Å². The molecular weight excluding hydrogens is 290 g/mol. The zero-order valence-electron chi connectivity index (χ0n) is 17.3. The lowest BCUT2D eigenvalue weighted by Crippen LogP contribution is -2.44. The predicted octanol–water partition coefficient (Wildman–Crippen LogP) is 7.73. The zero-order chi connectivity index (χ0) is 17.5. The average molecular weight is 338 g/mol. The second-order valence-electron chi connectivity index (χ2n) is 8.46. The normalized spacial score (nSPS) is 22.1. The van der Waals surface area contributed by atoms with Crippen LogP contribution in [0.15, 0.2) is 0 Å². The van der Waals surface area contributed by atoms with Gasteiger partial charge in [0, 0.05) is 12.1 Å². The van der Waals surface area contributed by atoms with E-state index in [4.69, 9.17) is 0 Å². The van der Waals surface area contributed by atoms with E-state index >= 15 is 0 Å². The number of piperidine rings is 1. The van der Waals surface area contributed by atoms with Gasteiger partial charge in [0.2, 0.25) is 0 Å². The van der Waals surface area contributed by atoms with Crippen LogP contribution in [0.4, 0.5) is 0 Å². The van der Waals surface area contributed by atoms with Crippen molar-refractivity contribution in [1.29, 1.82) is 0 Å². The van der Waals surface area contributed by atoms with Gasteiger partial charge in [0.25, 0.3) is 0 Å². The Morgan fingerprint density at radius 1 is 0.583 bits per heavy atom. The quantitative estimate of drug-likeness (QED) is 0.276. The molecule has 0 spiro atoms. The first kappa shape index (κ1) is 22.0. The smallest absolute Gasteiger partial charge is 0.00697 e. The van der Waals surface area contributed by atoms with Crippen molar-refractivity contribution in [3.05, 3.63) is 0 Å². The van der Waals surface area contributed by atoms with E-state index in [-0.39, 0.29) is 0 Å². The molecule has 1 aliphatic heterocycles. The van der Waals surface area contributed by atoms with Gasteiger partial charge >= 0.3 is 0 Å². The molecule has 0 amide bonds. The number of nitrogens with zero attached hydrogens (tertiary/aromatic N) is 1. The molecule has 2 atom stereocenters. The number of hydrogen-bond donors (Lipinski definition) is 0. The van der Waals surface area contributed by atoms with E-state index in [9.17, 15) is 0 Å². The number of hydrogen-bond acceptors (Lipinski definition) is 1. The molecule has 0 bridgehead atoms. The van der Waals surface area contributed by atoms with Crippen LogP contribution in [0.3, 0.4) is 0 Å². The maximum atomic E-state index is 2.77. The van der Waals surface area contributed by atoms with Gasteiger partial charge in [-0.1, -0.05) is 96.8 Å². The van der Waals surface area contributed by atoms with Gasteiger partial charge in [-0.2, -0.15) is 0 Å². The van der Waals surface area contributed by atoms with Gasteiger partial charge < -0.3 is 0 Å². The standard InChI is InChI=1S/C23H47N/c1-4-5-6-7-8-9-10-11-12-13-14-15-16-17-21-24-22(2)19-18-20-23(24)3/h22-23H,4-21H2,1-3H3. The van der Waals surface area contributed by atoms with Crippen molar-refractivity contribution in [2.75, 3.05) is 6.54 Å². The molecule has 0 N–H and O–H groups in total. The highest BCUT2D eigenvalue weighted by Gasteiger charge is 2.23. The molecular formula is C23H47N. The summed E-state index contributed by atoms with van der Waals surface area (Å²) in [6.07, 6.45) is 24.7. The van der Waals surface area contributed by atoms with Crippen LogP contribution in [-0.2, 0) is 0 Å². The van der Waals surface area contributed by atoms with E-state index in [1.807, 2.05) is 0 Å². The summed E-state index contributed by atoms with van der Waals surface area (Å²) in [4.78, 5) is 2.77. The molecule has 0 aromatic rings. The lowest BCUT2D eigenvalue weighted by atomic mass is 9.97. The van der Waals surface area contributed by atoms with Crippen molar-refractivity contribution in [3.63, 3.8) is 0 Å². The van der Waals surface area contributed by atoms with E-state index in [1.165, 1.54) is 116 Å². The first-order chi connectivity index (χ1) is 11.8. The molecule has 144 valence electrons. The van der Waals surface area contributed by atoms with Crippen molar-refractivity contribution in [2.45, 2.75) is 142 Å². The predicted molar refractivity (Wildman–Crippen MR) is 110 cm³/mol. The largest absolute Gasteiger partial charge is 0.298 e. The van der Waals surface area contributed by atoms with Crippen molar-refractivity contribution in [1.82, 2.24) is 4.90 Å². The summed E-state index contributed by atoms with van der Waals surface area (Å²) in [5.41, 5.74) is 0. The summed E-state index contributed by atoms with van der Waals surface area (Å²) in [5, 5.41) is 0. The highest BCUT2D eigenvalue weighted by atomic mass is 15.2. The summed E-state index contributed by atoms with van der Waals surface area (Å²) in [7, 11) is 0. The fourth-order valence-electron chi connectivity index (χ4n) is 4.40. The fourth-order valence-corrected chi connectivity index (χ4v) is 4.40. The van der Waals surface area contributed by atoms with Gasteiger partial charge in [0.15, 0.2) is 0 Å². The molecule has 0 aromatic carbocycles. The molecule has 0 aliphatic carbocycles. The molecule has 1 nitrogen and oxygen atoms in total. The summed E-state index contributed by atoms with van der Waals surface area (Å²) in [6.45, 7) is 8.51. The maximum Gasteiger partial charge on any atom is 0.00697 e. The highest BCUT2D eigenvalue weighted by molar-refractivity contribution is 4.79. The Kier molecular flexibility index (Phi) is 14.0. The molecule has 0 saturated carbocycles. The minimum Gasteiger partial charge on any atom is -0.298 e.